The molecule has 0 atom stereocenters. The number of aromatic nitrogens is 2. The zero-order valence-corrected chi connectivity index (χ0v) is 18.9. The summed E-state index contributed by atoms with van der Waals surface area (Å²) < 4.78 is 44.6. The van der Waals surface area contributed by atoms with Gasteiger partial charge in [-0.3, -0.25) is 13.9 Å². The summed E-state index contributed by atoms with van der Waals surface area (Å²) in [4.78, 5) is 13.7. The minimum Gasteiger partial charge on any atom is -0.295 e. The number of benzene rings is 3. The second kappa shape index (κ2) is 8.07. The monoisotopic (exact) mass is 477 g/mol. The van der Waals surface area contributed by atoms with Gasteiger partial charge in [0.15, 0.2) is 0 Å². The van der Waals surface area contributed by atoms with E-state index >= 15 is 0 Å². The Bertz CT molecular complexity index is 1440. The van der Waals surface area contributed by atoms with Crippen molar-refractivity contribution in [2.24, 2.45) is 14.1 Å². The van der Waals surface area contributed by atoms with E-state index in [-0.39, 0.29) is 10.6 Å². The number of imidazole rings is 1. The SMILES string of the molecule is Cn1c(=O)n(C)c2cc(Sc3ccc(Cl)cc3)c(NS(=O)(=O)c3ccc(F)cc3)cc21. The minimum atomic E-state index is -3.98. The van der Waals surface area contributed by atoms with Gasteiger partial charge < -0.3 is 0 Å². The first kappa shape index (κ1) is 21.5. The molecule has 0 aliphatic rings. The molecule has 3 aromatic carbocycles. The molecule has 160 valence electrons. The van der Waals surface area contributed by atoms with E-state index in [2.05, 4.69) is 4.72 Å². The first-order chi connectivity index (χ1) is 14.7. The lowest BCUT2D eigenvalue weighted by atomic mass is 10.3. The topological polar surface area (TPSA) is 73.1 Å². The molecule has 1 N–H and O–H groups in total. The molecule has 4 rings (SSSR count). The van der Waals surface area contributed by atoms with Crippen molar-refractivity contribution in [3.8, 4) is 0 Å². The summed E-state index contributed by atoms with van der Waals surface area (Å²) in [5.41, 5.74) is 1.31. The summed E-state index contributed by atoms with van der Waals surface area (Å²) in [5, 5.41) is 0.586. The molecule has 1 aromatic heterocycles. The molecule has 10 heteroatoms. The smallest absolute Gasteiger partial charge is 0.295 e. The van der Waals surface area contributed by atoms with E-state index in [0.29, 0.717) is 26.6 Å². The molecule has 0 aliphatic carbocycles. The summed E-state index contributed by atoms with van der Waals surface area (Å²) in [7, 11) is -0.705. The second-order valence-corrected chi connectivity index (χ2v) is 10.1. The molecule has 0 spiro atoms. The highest BCUT2D eigenvalue weighted by molar-refractivity contribution is 7.99. The van der Waals surface area contributed by atoms with E-state index in [9.17, 15) is 17.6 Å². The van der Waals surface area contributed by atoms with Crippen LogP contribution in [-0.4, -0.2) is 17.6 Å². The maximum Gasteiger partial charge on any atom is 0.328 e. The molecule has 0 amide bonds. The summed E-state index contributed by atoms with van der Waals surface area (Å²) in [6, 6.07) is 15.1. The van der Waals surface area contributed by atoms with Crippen LogP contribution in [0.2, 0.25) is 5.02 Å². The Kier molecular flexibility index (Phi) is 5.59. The highest BCUT2D eigenvalue weighted by atomic mass is 35.5. The number of halogens is 2. The zero-order valence-electron chi connectivity index (χ0n) is 16.5. The second-order valence-electron chi connectivity index (χ2n) is 6.85. The molecule has 0 saturated carbocycles. The lowest BCUT2D eigenvalue weighted by Gasteiger charge is -2.14. The standard InChI is InChI=1S/C21H17ClFN3O3S2/c1-25-18-11-17(24-31(28,29)16-9-5-14(23)6-10-16)20(12-19(18)26(2)21(25)27)30-15-7-3-13(22)4-8-15/h3-12,24H,1-2H3. The van der Waals surface area contributed by atoms with Gasteiger partial charge in [-0.2, -0.15) is 0 Å². The largest absolute Gasteiger partial charge is 0.328 e. The van der Waals surface area contributed by atoms with Gasteiger partial charge in [0.05, 0.1) is 21.6 Å². The van der Waals surface area contributed by atoms with Crippen LogP contribution >= 0.6 is 23.4 Å². The fourth-order valence-corrected chi connectivity index (χ4v) is 5.32. The third kappa shape index (κ3) is 4.21. The molecule has 0 bridgehead atoms. The normalized spacial score (nSPS) is 11.7. The molecule has 31 heavy (non-hydrogen) atoms. The maximum atomic E-state index is 13.2. The van der Waals surface area contributed by atoms with Crippen molar-refractivity contribution in [1.82, 2.24) is 9.13 Å². The lowest BCUT2D eigenvalue weighted by molar-refractivity contribution is 0.599. The van der Waals surface area contributed by atoms with Crippen molar-refractivity contribution in [1.29, 1.82) is 0 Å². The molecule has 0 fully saturated rings. The van der Waals surface area contributed by atoms with E-state index in [0.717, 1.165) is 17.0 Å². The first-order valence-corrected chi connectivity index (χ1v) is 11.7. The Morgan fingerprint density at radius 3 is 2.13 bits per heavy atom. The summed E-state index contributed by atoms with van der Waals surface area (Å²) >= 11 is 7.29. The fourth-order valence-electron chi connectivity index (χ4n) is 3.14. The Labute approximate surface area is 187 Å². The number of sulfonamides is 1. The van der Waals surface area contributed by atoms with Crippen molar-refractivity contribution in [3.63, 3.8) is 0 Å². The molecule has 0 unspecified atom stereocenters. The Balaban J connectivity index is 1.85. The molecule has 0 radical (unpaired) electrons. The van der Waals surface area contributed by atoms with Gasteiger partial charge in [-0.1, -0.05) is 23.4 Å². The van der Waals surface area contributed by atoms with E-state index in [4.69, 9.17) is 11.6 Å². The van der Waals surface area contributed by atoms with Gasteiger partial charge in [0.25, 0.3) is 10.0 Å². The van der Waals surface area contributed by atoms with Gasteiger partial charge in [-0.25, -0.2) is 17.6 Å². The zero-order chi connectivity index (χ0) is 22.3. The van der Waals surface area contributed by atoms with Crippen LogP contribution in [0.4, 0.5) is 10.1 Å². The van der Waals surface area contributed by atoms with E-state index in [1.54, 1.807) is 38.4 Å². The molecule has 0 aliphatic heterocycles. The van der Waals surface area contributed by atoms with Crippen molar-refractivity contribution in [2.75, 3.05) is 4.72 Å². The first-order valence-electron chi connectivity index (χ1n) is 9.07. The maximum absolute atomic E-state index is 13.2. The number of hydrogen-bond donors (Lipinski definition) is 1. The number of aryl methyl sites for hydroxylation is 2. The average Bonchev–Trinajstić information content (AvgIpc) is 2.94. The van der Waals surface area contributed by atoms with Crippen LogP contribution in [0.15, 0.2) is 80.1 Å². The van der Waals surface area contributed by atoms with Crippen LogP contribution in [-0.2, 0) is 24.1 Å². The summed E-state index contributed by atoms with van der Waals surface area (Å²) in [6.45, 7) is 0. The third-order valence-electron chi connectivity index (χ3n) is 4.78. The van der Waals surface area contributed by atoms with Gasteiger partial charge >= 0.3 is 5.69 Å². The van der Waals surface area contributed by atoms with Gasteiger partial charge in [-0.15, -0.1) is 0 Å². The number of nitrogens with zero attached hydrogens (tertiary/aromatic N) is 2. The van der Waals surface area contributed by atoms with Crippen LogP contribution in [0.5, 0.6) is 0 Å². The van der Waals surface area contributed by atoms with E-state index in [1.807, 2.05) is 12.1 Å². The lowest BCUT2D eigenvalue weighted by Crippen LogP contribution is -2.19. The van der Waals surface area contributed by atoms with Crippen molar-refractivity contribution >= 4 is 50.1 Å². The number of hydrogen-bond acceptors (Lipinski definition) is 4. The van der Waals surface area contributed by atoms with E-state index < -0.39 is 15.8 Å². The summed E-state index contributed by atoms with van der Waals surface area (Å²) in [5.74, 6) is -0.529. The van der Waals surface area contributed by atoms with Crippen molar-refractivity contribution in [3.05, 3.63) is 82.0 Å². The van der Waals surface area contributed by atoms with Crippen LogP contribution < -0.4 is 10.4 Å². The predicted octanol–water partition coefficient (Wildman–Crippen LogP) is 4.62. The number of anilines is 1. The molecule has 1 heterocycles. The number of fused-ring (bicyclic) bond motifs is 1. The quantitative estimate of drug-likeness (QED) is 0.455. The van der Waals surface area contributed by atoms with Gasteiger partial charge in [-0.05, 0) is 60.7 Å². The fraction of sp³-hybridized carbons (Fsp3) is 0.0952. The molecule has 4 aromatic rings. The van der Waals surface area contributed by atoms with Gasteiger partial charge in [0, 0.05) is 28.9 Å². The third-order valence-corrected chi connectivity index (χ3v) is 7.48. The highest BCUT2D eigenvalue weighted by Crippen LogP contribution is 2.37. The van der Waals surface area contributed by atoms with Crippen LogP contribution in [0.1, 0.15) is 0 Å². The van der Waals surface area contributed by atoms with Crippen molar-refractivity contribution < 1.29 is 12.8 Å². The Morgan fingerprint density at radius 1 is 0.935 bits per heavy atom. The molecule has 6 nitrogen and oxygen atoms in total. The molecular weight excluding hydrogens is 461 g/mol. The number of rotatable bonds is 5. The predicted molar refractivity (Wildman–Crippen MR) is 121 cm³/mol. The molecule has 0 saturated heterocycles. The number of nitrogens with one attached hydrogen (secondary N) is 1. The Morgan fingerprint density at radius 2 is 1.52 bits per heavy atom. The van der Waals surface area contributed by atoms with Gasteiger partial charge in [0.1, 0.15) is 5.82 Å². The van der Waals surface area contributed by atoms with Crippen molar-refractivity contribution in [2.45, 2.75) is 14.7 Å². The minimum absolute atomic E-state index is 0.0709. The average molecular weight is 478 g/mol. The molecular formula is C21H17ClFN3O3S2. The van der Waals surface area contributed by atoms with Crippen LogP contribution in [0.3, 0.4) is 0 Å². The van der Waals surface area contributed by atoms with E-state index in [1.165, 1.54) is 33.0 Å². The van der Waals surface area contributed by atoms with Gasteiger partial charge in [0.2, 0.25) is 0 Å². The van der Waals surface area contributed by atoms with Crippen LogP contribution in [0, 0.1) is 5.82 Å². The summed E-state index contributed by atoms with van der Waals surface area (Å²) in [6.07, 6.45) is 0. The highest BCUT2D eigenvalue weighted by Gasteiger charge is 2.19. The van der Waals surface area contributed by atoms with Crippen LogP contribution in [0.25, 0.3) is 11.0 Å². The Hall–Kier alpha value is -2.75.